The fourth-order valence-electron chi connectivity index (χ4n) is 4.42. The van der Waals surface area contributed by atoms with Crippen LogP contribution in [-0.4, -0.2) is 76.9 Å². The van der Waals surface area contributed by atoms with Crippen molar-refractivity contribution in [1.82, 2.24) is 24.9 Å². The zero-order chi connectivity index (χ0) is 22.5. The van der Waals surface area contributed by atoms with E-state index < -0.39 is 0 Å². The lowest BCUT2D eigenvalue weighted by Crippen LogP contribution is -2.55. The van der Waals surface area contributed by atoms with Crippen molar-refractivity contribution in [3.05, 3.63) is 47.3 Å². The van der Waals surface area contributed by atoms with Gasteiger partial charge in [-0.3, -0.25) is 4.79 Å². The third kappa shape index (κ3) is 6.06. The second-order valence-electron chi connectivity index (χ2n) is 8.45. The summed E-state index contributed by atoms with van der Waals surface area (Å²) in [7, 11) is 0. The van der Waals surface area contributed by atoms with Crippen LogP contribution in [0.4, 0.5) is 0 Å². The summed E-state index contributed by atoms with van der Waals surface area (Å²) >= 11 is 0. The molecule has 4 rings (SSSR count). The molecule has 2 fully saturated rings. The molecule has 0 spiro atoms. The number of nitrogens with zero attached hydrogens (tertiary/aromatic N) is 5. The number of para-hydroxylation sites is 1. The van der Waals surface area contributed by atoms with E-state index in [1.54, 1.807) is 0 Å². The largest absolute Gasteiger partial charge is 0.368 e. The van der Waals surface area contributed by atoms with E-state index in [1.165, 1.54) is 0 Å². The van der Waals surface area contributed by atoms with Crippen LogP contribution in [-0.2, 0) is 16.1 Å². The number of ether oxygens (including phenoxy) is 1. The third-order valence-corrected chi connectivity index (χ3v) is 6.06. The average Bonchev–Trinajstić information content (AvgIpc) is 3.46. The number of carbonyl (C=O) groups is 1. The normalized spacial score (nSPS) is 18.9. The van der Waals surface area contributed by atoms with Crippen LogP contribution in [0.3, 0.4) is 0 Å². The van der Waals surface area contributed by atoms with E-state index in [2.05, 4.69) is 47.4 Å². The van der Waals surface area contributed by atoms with Gasteiger partial charge in [0.25, 0.3) is 5.91 Å². The molecule has 0 aliphatic carbocycles. The number of aromatic nitrogens is 2. The van der Waals surface area contributed by atoms with Crippen molar-refractivity contribution >= 4 is 35.8 Å². The maximum Gasteiger partial charge on any atom is 0.251 e. The molecule has 33 heavy (non-hydrogen) atoms. The monoisotopic (exact) mass is 566 g/mol. The van der Waals surface area contributed by atoms with Crippen LogP contribution in [0, 0.1) is 13.8 Å². The van der Waals surface area contributed by atoms with Crippen molar-refractivity contribution in [2.24, 2.45) is 4.99 Å². The minimum Gasteiger partial charge on any atom is -0.368 e. The Bertz CT molecular complexity index is 962. The number of aryl methyl sites for hydroxylation is 2. The van der Waals surface area contributed by atoms with Crippen LogP contribution >= 0.6 is 24.0 Å². The lowest BCUT2D eigenvalue weighted by molar-refractivity contribution is -0.142. The van der Waals surface area contributed by atoms with E-state index in [4.69, 9.17) is 9.73 Å². The van der Waals surface area contributed by atoms with Crippen molar-refractivity contribution in [2.45, 2.75) is 46.3 Å². The van der Waals surface area contributed by atoms with E-state index in [9.17, 15) is 4.79 Å². The summed E-state index contributed by atoms with van der Waals surface area (Å²) in [6.07, 6.45) is 1.58. The highest BCUT2D eigenvalue weighted by Crippen LogP contribution is 2.19. The molecular weight excluding hydrogens is 531 g/mol. The Morgan fingerprint density at radius 1 is 1.18 bits per heavy atom. The van der Waals surface area contributed by atoms with Gasteiger partial charge in [-0.2, -0.15) is 5.10 Å². The van der Waals surface area contributed by atoms with Gasteiger partial charge in [-0.05, 0) is 51.3 Å². The van der Waals surface area contributed by atoms with E-state index in [0.29, 0.717) is 26.2 Å². The van der Waals surface area contributed by atoms with Crippen LogP contribution in [0.1, 0.15) is 36.7 Å². The zero-order valence-corrected chi connectivity index (χ0v) is 22.1. The van der Waals surface area contributed by atoms with Gasteiger partial charge in [-0.1, -0.05) is 18.2 Å². The Labute approximate surface area is 213 Å². The molecular formula is C24H35IN6O2. The number of amides is 1. The molecule has 1 aromatic heterocycles. The fourth-order valence-corrected chi connectivity index (χ4v) is 4.42. The summed E-state index contributed by atoms with van der Waals surface area (Å²) in [6.45, 7) is 11.2. The second kappa shape index (κ2) is 11.8. The molecule has 2 aromatic rings. The molecule has 2 aliphatic rings. The predicted octanol–water partition coefficient (Wildman–Crippen LogP) is 2.90. The van der Waals surface area contributed by atoms with Crippen LogP contribution < -0.4 is 5.32 Å². The molecule has 1 aromatic carbocycles. The smallest absolute Gasteiger partial charge is 0.251 e. The number of hydrogen-bond acceptors (Lipinski definition) is 4. The quantitative estimate of drug-likeness (QED) is 0.343. The summed E-state index contributed by atoms with van der Waals surface area (Å²) in [6, 6.07) is 10.4. The molecule has 2 saturated heterocycles. The van der Waals surface area contributed by atoms with Gasteiger partial charge in [0.15, 0.2) is 5.96 Å². The molecule has 3 heterocycles. The van der Waals surface area contributed by atoms with E-state index in [0.717, 1.165) is 61.1 Å². The van der Waals surface area contributed by atoms with Crippen molar-refractivity contribution < 1.29 is 9.53 Å². The molecule has 2 aliphatic heterocycles. The Kier molecular flexibility index (Phi) is 9.13. The zero-order valence-electron chi connectivity index (χ0n) is 19.8. The lowest BCUT2D eigenvalue weighted by Gasteiger charge is -2.37. The maximum atomic E-state index is 12.6. The van der Waals surface area contributed by atoms with Gasteiger partial charge in [0.05, 0.1) is 17.9 Å². The number of nitrogens with one attached hydrogen (secondary N) is 1. The highest BCUT2D eigenvalue weighted by atomic mass is 127. The number of halogens is 1. The van der Waals surface area contributed by atoms with Gasteiger partial charge in [0.1, 0.15) is 6.10 Å². The lowest BCUT2D eigenvalue weighted by atomic mass is 10.1. The van der Waals surface area contributed by atoms with Crippen molar-refractivity contribution in [3.63, 3.8) is 0 Å². The maximum absolute atomic E-state index is 12.6. The molecule has 9 heteroatoms. The summed E-state index contributed by atoms with van der Waals surface area (Å²) < 4.78 is 7.57. The standard InChI is InChI=1S/C24H34N6O2.HI/c1-4-25-24(29-13-11-28(12-14-29)23(31)22-10-7-15-32-22)26-17-20-8-5-6-9-21(20)30-19(3)16-18(2)27-30;/h5-6,8-9,16,22H,4,7,10-15,17H2,1-3H3,(H,25,26);1H. The Morgan fingerprint density at radius 3 is 2.55 bits per heavy atom. The Balaban J connectivity index is 0.00000306. The second-order valence-corrected chi connectivity index (χ2v) is 8.45. The summed E-state index contributed by atoms with van der Waals surface area (Å²) in [5.74, 6) is 1.03. The van der Waals surface area contributed by atoms with Crippen molar-refractivity contribution in [3.8, 4) is 5.69 Å². The van der Waals surface area contributed by atoms with Crippen LogP contribution in [0.2, 0.25) is 0 Å². The third-order valence-electron chi connectivity index (χ3n) is 6.06. The number of rotatable bonds is 5. The first-order valence-corrected chi connectivity index (χ1v) is 11.6. The van der Waals surface area contributed by atoms with Gasteiger partial charge in [0, 0.05) is 45.0 Å². The molecule has 1 unspecified atom stereocenters. The van der Waals surface area contributed by atoms with Crippen LogP contribution in [0.5, 0.6) is 0 Å². The summed E-state index contributed by atoms with van der Waals surface area (Å²) in [5, 5.41) is 8.07. The van der Waals surface area contributed by atoms with Gasteiger partial charge in [-0.25, -0.2) is 9.67 Å². The molecule has 1 atom stereocenters. The van der Waals surface area contributed by atoms with Crippen molar-refractivity contribution in [2.75, 3.05) is 39.3 Å². The first kappa shape index (κ1) is 25.5. The average molecular weight is 566 g/mol. The molecule has 180 valence electrons. The molecule has 0 radical (unpaired) electrons. The number of carbonyl (C=O) groups excluding carboxylic acids is 1. The number of benzene rings is 1. The van der Waals surface area contributed by atoms with Gasteiger partial charge in [-0.15, -0.1) is 24.0 Å². The van der Waals surface area contributed by atoms with E-state index in [1.807, 2.05) is 28.6 Å². The van der Waals surface area contributed by atoms with Crippen molar-refractivity contribution in [1.29, 1.82) is 0 Å². The first-order valence-electron chi connectivity index (χ1n) is 11.6. The predicted molar refractivity (Wildman–Crippen MR) is 140 cm³/mol. The van der Waals surface area contributed by atoms with Gasteiger partial charge >= 0.3 is 0 Å². The van der Waals surface area contributed by atoms with Gasteiger partial charge < -0.3 is 19.9 Å². The molecule has 8 nitrogen and oxygen atoms in total. The number of guanidine groups is 1. The highest BCUT2D eigenvalue weighted by Gasteiger charge is 2.30. The molecule has 0 bridgehead atoms. The van der Waals surface area contributed by atoms with E-state index >= 15 is 0 Å². The SMILES string of the molecule is CCNC(=NCc1ccccc1-n1nc(C)cc1C)N1CCN(C(=O)C2CCCO2)CC1.I. The molecule has 1 amide bonds. The molecule has 0 saturated carbocycles. The Morgan fingerprint density at radius 2 is 1.91 bits per heavy atom. The number of hydrogen-bond donors (Lipinski definition) is 1. The number of aliphatic imine (C=N–C) groups is 1. The van der Waals surface area contributed by atoms with E-state index in [-0.39, 0.29) is 36.0 Å². The first-order chi connectivity index (χ1) is 15.6. The minimum absolute atomic E-state index is 0. The number of piperazine rings is 1. The highest BCUT2D eigenvalue weighted by molar-refractivity contribution is 14.0. The summed E-state index contributed by atoms with van der Waals surface area (Å²) in [4.78, 5) is 21.8. The van der Waals surface area contributed by atoms with Crippen LogP contribution in [0.25, 0.3) is 5.69 Å². The van der Waals surface area contributed by atoms with Crippen LogP contribution in [0.15, 0.2) is 35.3 Å². The minimum atomic E-state index is -0.241. The Hall–Kier alpha value is -2.14. The fraction of sp³-hybridized carbons (Fsp3) is 0.542. The van der Waals surface area contributed by atoms with Gasteiger partial charge in [0.2, 0.25) is 0 Å². The summed E-state index contributed by atoms with van der Waals surface area (Å²) in [5.41, 5.74) is 4.30. The topological polar surface area (TPSA) is 75.0 Å². The molecule has 1 N–H and O–H groups in total.